The zero-order chi connectivity index (χ0) is 15.2. The SMILES string of the molecule is COc1cccc(N)c1C(=O)OCCC1CCCCN1C. The van der Waals surface area contributed by atoms with Crippen molar-refractivity contribution in [3.63, 3.8) is 0 Å². The highest BCUT2D eigenvalue weighted by atomic mass is 16.5. The van der Waals surface area contributed by atoms with Gasteiger partial charge in [-0.1, -0.05) is 12.5 Å². The predicted octanol–water partition coefficient (Wildman–Crippen LogP) is 2.31. The molecule has 0 aliphatic carbocycles. The highest BCUT2D eigenvalue weighted by molar-refractivity contribution is 5.98. The fourth-order valence-corrected chi connectivity index (χ4v) is 2.81. The molecule has 1 atom stereocenters. The van der Waals surface area contributed by atoms with Gasteiger partial charge in [0.15, 0.2) is 0 Å². The van der Waals surface area contributed by atoms with Gasteiger partial charge in [0.1, 0.15) is 11.3 Å². The van der Waals surface area contributed by atoms with Crippen LogP contribution in [-0.4, -0.2) is 44.2 Å². The molecule has 5 heteroatoms. The van der Waals surface area contributed by atoms with Gasteiger partial charge in [-0.2, -0.15) is 0 Å². The highest BCUT2D eigenvalue weighted by Crippen LogP contribution is 2.25. The number of carbonyl (C=O) groups excluding carboxylic acids is 1. The number of methoxy groups -OCH3 is 1. The lowest BCUT2D eigenvalue weighted by molar-refractivity contribution is 0.0448. The molecule has 5 nitrogen and oxygen atoms in total. The summed E-state index contributed by atoms with van der Waals surface area (Å²) in [7, 11) is 3.65. The van der Waals surface area contributed by atoms with Crippen LogP contribution in [0.15, 0.2) is 18.2 Å². The number of rotatable bonds is 5. The average Bonchev–Trinajstić information content (AvgIpc) is 2.48. The molecular formula is C16H24N2O3. The number of ether oxygens (including phenoxy) is 2. The summed E-state index contributed by atoms with van der Waals surface area (Å²) >= 11 is 0. The fraction of sp³-hybridized carbons (Fsp3) is 0.562. The van der Waals surface area contributed by atoms with Gasteiger partial charge in [-0.3, -0.25) is 0 Å². The van der Waals surface area contributed by atoms with Crippen LogP contribution in [0.3, 0.4) is 0 Å². The number of benzene rings is 1. The monoisotopic (exact) mass is 292 g/mol. The Hall–Kier alpha value is -1.75. The molecule has 1 heterocycles. The molecule has 0 aromatic heterocycles. The Bertz CT molecular complexity index is 490. The molecule has 1 aromatic carbocycles. The van der Waals surface area contributed by atoms with Crippen molar-refractivity contribution in [2.45, 2.75) is 31.7 Å². The zero-order valence-electron chi connectivity index (χ0n) is 12.8. The molecule has 1 aliphatic heterocycles. The van der Waals surface area contributed by atoms with Gasteiger partial charge in [-0.15, -0.1) is 0 Å². The zero-order valence-corrected chi connectivity index (χ0v) is 12.8. The van der Waals surface area contributed by atoms with E-state index >= 15 is 0 Å². The topological polar surface area (TPSA) is 64.8 Å². The van der Waals surface area contributed by atoms with Crippen LogP contribution >= 0.6 is 0 Å². The Labute approximate surface area is 126 Å². The van der Waals surface area contributed by atoms with E-state index in [1.165, 1.54) is 26.4 Å². The van der Waals surface area contributed by atoms with Crippen LogP contribution in [0, 0.1) is 0 Å². The summed E-state index contributed by atoms with van der Waals surface area (Å²) in [5, 5.41) is 0. The normalized spacial score (nSPS) is 19.2. The molecule has 0 saturated carbocycles. The average molecular weight is 292 g/mol. The van der Waals surface area contributed by atoms with Crippen molar-refractivity contribution in [3.8, 4) is 5.75 Å². The van der Waals surface area contributed by atoms with E-state index in [1.54, 1.807) is 18.2 Å². The molecule has 0 radical (unpaired) electrons. The quantitative estimate of drug-likeness (QED) is 0.666. The van der Waals surface area contributed by atoms with Crippen LogP contribution in [0.25, 0.3) is 0 Å². The first-order chi connectivity index (χ1) is 10.1. The van der Waals surface area contributed by atoms with Crippen LogP contribution in [0.5, 0.6) is 5.75 Å². The van der Waals surface area contributed by atoms with Crippen molar-refractivity contribution in [2.75, 3.05) is 33.0 Å². The Morgan fingerprint density at radius 1 is 1.43 bits per heavy atom. The lowest BCUT2D eigenvalue weighted by Crippen LogP contribution is -2.37. The minimum absolute atomic E-state index is 0.317. The summed E-state index contributed by atoms with van der Waals surface area (Å²) < 4.78 is 10.5. The fourth-order valence-electron chi connectivity index (χ4n) is 2.81. The number of esters is 1. The minimum Gasteiger partial charge on any atom is -0.496 e. The van der Waals surface area contributed by atoms with E-state index < -0.39 is 5.97 Å². The number of nitrogen functional groups attached to an aromatic ring is 1. The molecule has 1 unspecified atom stereocenters. The molecule has 116 valence electrons. The third kappa shape index (κ3) is 3.88. The first-order valence-corrected chi connectivity index (χ1v) is 7.43. The molecule has 2 N–H and O–H groups in total. The van der Waals surface area contributed by atoms with Crippen LogP contribution in [-0.2, 0) is 4.74 Å². The second-order valence-electron chi connectivity index (χ2n) is 5.48. The van der Waals surface area contributed by atoms with Crippen molar-refractivity contribution in [1.82, 2.24) is 4.90 Å². The molecule has 1 fully saturated rings. The first kappa shape index (κ1) is 15.6. The number of piperidine rings is 1. The second-order valence-corrected chi connectivity index (χ2v) is 5.48. The molecule has 1 saturated heterocycles. The molecule has 2 rings (SSSR count). The molecule has 1 aliphatic rings. The molecule has 1 aromatic rings. The Morgan fingerprint density at radius 2 is 2.24 bits per heavy atom. The van der Waals surface area contributed by atoms with Crippen molar-refractivity contribution in [2.24, 2.45) is 0 Å². The van der Waals surface area contributed by atoms with Crippen LogP contribution in [0.4, 0.5) is 5.69 Å². The van der Waals surface area contributed by atoms with Gasteiger partial charge in [0.05, 0.1) is 13.7 Å². The van der Waals surface area contributed by atoms with Gasteiger partial charge < -0.3 is 20.1 Å². The Morgan fingerprint density at radius 3 is 2.95 bits per heavy atom. The Balaban J connectivity index is 1.90. The number of anilines is 1. The lowest BCUT2D eigenvalue weighted by atomic mass is 10.0. The minimum atomic E-state index is -0.414. The number of carbonyl (C=O) groups is 1. The number of nitrogens with zero attached hydrogens (tertiary/aromatic N) is 1. The number of hydrogen-bond acceptors (Lipinski definition) is 5. The van der Waals surface area contributed by atoms with E-state index in [2.05, 4.69) is 11.9 Å². The summed E-state index contributed by atoms with van der Waals surface area (Å²) in [6, 6.07) is 5.64. The Kier molecular flexibility index (Phi) is 5.44. The van der Waals surface area contributed by atoms with E-state index in [9.17, 15) is 4.79 Å². The third-order valence-corrected chi connectivity index (χ3v) is 4.09. The van der Waals surface area contributed by atoms with E-state index in [1.807, 2.05) is 0 Å². The molecular weight excluding hydrogens is 268 g/mol. The van der Waals surface area contributed by atoms with Crippen LogP contribution in [0.1, 0.15) is 36.0 Å². The third-order valence-electron chi connectivity index (χ3n) is 4.09. The van der Waals surface area contributed by atoms with Crippen molar-refractivity contribution in [3.05, 3.63) is 23.8 Å². The summed E-state index contributed by atoms with van der Waals surface area (Å²) in [6.07, 6.45) is 4.54. The standard InChI is InChI=1S/C16H24N2O3/c1-18-10-4-3-6-12(18)9-11-21-16(19)15-13(17)7-5-8-14(15)20-2/h5,7-8,12H,3-4,6,9-11,17H2,1-2H3. The maximum absolute atomic E-state index is 12.2. The van der Waals surface area contributed by atoms with E-state index in [4.69, 9.17) is 15.2 Å². The van der Waals surface area contributed by atoms with E-state index in [0.717, 1.165) is 13.0 Å². The van der Waals surface area contributed by atoms with Gasteiger partial charge >= 0.3 is 5.97 Å². The highest BCUT2D eigenvalue weighted by Gasteiger charge is 2.21. The number of nitrogens with two attached hydrogens (primary N) is 1. The van der Waals surface area contributed by atoms with Crippen LogP contribution in [0.2, 0.25) is 0 Å². The predicted molar refractivity (Wildman–Crippen MR) is 82.6 cm³/mol. The number of hydrogen-bond donors (Lipinski definition) is 1. The summed E-state index contributed by atoms with van der Waals surface area (Å²) in [5.74, 6) is 0.0400. The first-order valence-electron chi connectivity index (χ1n) is 7.43. The second kappa shape index (κ2) is 7.31. The van der Waals surface area contributed by atoms with Crippen LogP contribution < -0.4 is 10.5 Å². The van der Waals surface area contributed by atoms with Gasteiger partial charge in [-0.05, 0) is 45.0 Å². The van der Waals surface area contributed by atoms with Crippen molar-refractivity contribution in [1.29, 1.82) is 0 Å². The summed E-state index contributed by atoms with van der Waals surface area (Å²) in [6.45, 7) is 1.53. The van der Waals surface area contributed by atoms with Crippen molar-refractivity contribution < 1.29 is 14.3 Å². The summed E-state index contributed by atoms with van der Waals surface area (Å²) in [5.41, 5.74) is 6.55. The largest absolute Gasteiger partial charge is 0.496 e. The van der Waals surface area contributed by atoms with E-state index in [-0.39, 0.29) is 0 Å². The molecule has 0 amide bonds. The maximum atomic E-state index is 12.2. The van der Waals surface area contributed by atoms with Gasteiger partial charge in [-0.25, -0.2) is 4.79 Å². The smallest absolute Gasteiger partial charge is 0.344 e. The van der Waals surface area contributed by atoms with Gasteiger partial charge in [0, 0.05) is 11.7 Å². The van der Waals surface area contributed by atoms with Gasteiger partial charge in [0.2, 0.25) is 0 Å². The van der Waals surface area contributed by atoms with E-state index in [0.29, 0.717) is 29.6 Å². The van der Waals surface area contributed by atoms with Crippen molar-refractivity contribution >= 4 is 11.7 Å². The molecule has 21 heavy (non-hydrogen) atoms. The number of likely N-dealkylation sites (tertiary alicyclic amines) is 1. The summed E-state index contributed by atoms with van der Waals surface area (Å²) in [4.78, 5) is 14.5. The molecule has 0 spiro atoms. The molecule has 0 bridgehead atoms. The lowest BCUT2D eigenvalue weighted by Gasteiger charge is -2.32. The van der Waals surface area contributed by atoms with Gasteiger partial charge in [0.25, 0.3) is 0 Å². The maximum Gasteiger partial charge on any atom is 0.344 e.